The first-order chi connectivity index (χ1) is 11.1. The van der Waals surface area contributed by atoms with Crippen molar-refractivity contribution >= 4 is 11.0 Å². The molecule has 3 nitrogen and oxygen atoms in total. The van der Waals surface area contributed by atoms with Gasteiger partial charge >= 0.3 is 0 Å². The Balaban J connectivity index is 1.79. The van der Waals surface area contributed by atoms with Crippen LogP contribution >= 0.6 is 0 Å². The van der Waals surface area contributed by atoms with Gasteiger partial charge in [-0.25, -0.2) is 9.13 Å². The predicted molar refractivity (Wildman–Crippen MR) is 96.5 cm³/mol. The number of ether oxygens (including phenoxy) is 1. The summed E-state index contributed by atoms with van der Waals surface area (Å²) in [6.45, 7) is 8.09. The van der Waals surface area contributed by atoms with E-state index in [0.29, 0.717) is 6.73 Å². The number of imidazole rings is 1. The minimum absolute atomic E-state index is 0.655. The maximum atomic E-state index is 5.94. The topological polar surface area (TPSA) is 18.0 Å². The highest BCUT2D eigenvalue weighted by molar-refractivity contribution is 5.73. The van der Waals surface area contributed by atoms with Crippen molar-refractivity contribution in [2.45, 2.75) is 72.4 Å². The first-order valence-corrected chi connectivity index (χ1v) is 9.18. The van der Waals surface area contributed by atoms with Gasteiger partial charge in [0.15, 0.2) is 17.8 Å². The Hall–Kier alpha value is -1.35. The van der Waals surface area contributed by atoms with E-state index in [-0.39, 0.29) is 0 Å². The normalized spacial score (nSPS) is 11.5. The third-order valence-electron chi connectivity index (χ3n) is 4.77. The molecule has 2 rings (SSSR count). The van der Waals surface area contributed by atoms with Gasteiger partial charge in [0, 0.05) is 6.92 Å². The summed E-state index contributed by atoms with van der Waals surface area (Å²) >= 11 is 0. The fourth-order valence-corrected chi connectivity index (χ4v) is 3.14. The first kappa shape index (κ1) is 18.0. The van der Waals surface area contributed by atoms with Crippen LogP contribution in [0.3, 0.4) is 0 Å². The molecule has 0 bridgehead atoms. The van der Waals surface area contributed by atoms with Crippen LogP contribution < -0.4 is 4.57 Å². The van der Waals surface area contributed by atoms with E-state index in [1.54, 1.807) is 0 Å². The number of rotatable bonds is 10. The van der Waals surface area contributed by atoms with Crippen LogP contribution in [0.5, 0.6) is 0 Å². The minimum Gasteiger partial charge on any atom is -0.342 e. The molecule has 0 amide bonds. The second-order valence-electron chi connectivity index (χ2n) is 6.69. The van der Waals surface area contributed by atoms with Crippen molar-refractivity contribution in [3.05, 3.63) is 29.6 Å². The predicted octanol–water partition coefficient (Wildman–Crippen LogP) is 4.81. The summed E-state index contributed by atoms with van der Waals surface area (Å²) in [6.07, 6.45) is 9.30. The fraction of sp³-hybridized carbons (Fsp3) is 0.650. The number of aromatic nitrogens is 2. The van der Waals surface area contributed by atoms with Crippen molar-refractivity contribution in [1.82, 2.24) is 4.57 Å². The molecule has 3 heteroatoms. The SMILES string of the molecule is CCCCCCCCCOCn1c(C)[n+](C)c2ccc(C)cc21. The Morgan fingerprint density at radius 2 is 1.70 bits per heavy atom. The number of aryl methyl sites for hydroxylation is 2. The third-order valence-corrected chi connectivity index (χ3v) is 4.77. The molecular formula is C20H33N2O+. The molecule has 2 aromatic rings. The van der Waals surface area contributed by atoms with Crippen LogP contribution in [0.4, 0.5) is 0 Å². The second-order valence-corrected chi connectivity index (χ2v) is 6.69. The van der Waals surface area contributed by atoms with Gasteiger partial charge in [0.2, 0.25) is 0 Å². The number of benzene rings is 1. The smallest absolute Gasteiger partial charge is 0.255 e. The summed E-state index contributed by atoms with van der Waals surface area (Å²) in [5, 5.41) is 0. The van der Waals surface area contributed by atoms with E-state index in [0.717, 1.165) is 6.61 Å². The van der Waals surface area contributed by atoms with E-state index >= 15 is 0 Å². The Bertz CT molecular complexity index is 616. The van der Waals surface area contributed by atoms with Crippen LogP contribution in [0.1, 0.15) is 63.3 Å². The molecule has 1 aromatic carbocycles. The molecule has 0 spiro atoms. The van der Waals surface area contributed by atoms with Crippen molar-refractivity contribution in [3.63, 3.8) is 0 Å². The quantitative estimate of drug-likeness (QED) is 0.454. The van der Waals surface area contributed by atoms with Crippen molar-refractivity contribution in [3.8, 4) is 0 Å². The van der Waals surface area contributed by atoms with E-state index in [2.05, 4.69) is 55.2 Å². The third kappa shape index (κ3) is 4.81. The number of hydrogen-bond acceptors (Lipinski definition) is 1. The Morgan fingerprint density at radius 1 is 1.00 bits per heavy atom. The van der Waals surface area contributed by atoms with Gasteiger partial charge in [0.1, 0.15) is 0 Å². The monoisotopic (exact) mass is 317 g/mol. The van der Waals surface area contributed by atoms with Crippen LogP contribution in [0, 0.1) is 13.8 Å². The van der Waals surface area contributed by atoms with Crippen molar-refractivity contribution in [2.75, 3.05) is 6.61 Å². The molecule has 0 aliphatic heterocycles. The van der Waals surface area contributed by atoms with Crippen molar-refractivity contribution < 1.29 is 9.30 Å². The molecule has 128 valence electrons. The molecule has 0 atom stereocenters. The number of nitrogens with zero attached hydrogens (tertiary/aromatic N) is 2. The lowest BCUT2D eigenvalue weighted by atomic mass is 10.1. The van der Waals surface area contributed by atoms with Crippen LogP contribution in [-0.2, 0) is 18.5 Å². The van der Waals surface area contributed by atoms with Crippen molar-refractivity contribution in [2.24, 2.45) is 7.05 Å². The average molecular weight is 317 g/mol. The molecule has 1 heterocycles. The van der Waals surface area contributed by atoms with E-state index in [4.69, 9.17) is 4.74 Å². The number of unbranched alkanes of at least 4 members (excludes halogenated alkanes) is 6. The second kappa shape index (κ2) is 9.07. The Labute approximate surface area is 141 Å². The zero-order chi connectivity index (χ0) is 16.7. The molecule has 1 aromatic heterocycles. The van der Waals surface area contributed by atoms with Gasteiger partial charge in [0.05, 0.1) is 13.7 Å². The summed E-state index contributed by atoms with van der Waals surface area (Å²) in [4.78, 5) is 0. The number of hydrogen-bond donors (Lipinski definition) is 0. The standard InChI is InChI=1S/C20H33N2O/c1-5-6-7-8-9-10-11-14-23-16-22-18(3)21(4)19-13-12-17(2)15-20(19)22/h12-13,15H,5-11,14,16H2,1-4H3/q+1. The van der Waals surface area contributed by atoms with Gasteiger partial charge in [-0.1, -0.05) is 51.5 Å². The maximum absolute atomic E-state index is 5.94. The van der Waals surface area contributed by atoms with Crippen molar-refractivity contribution in [1.29, 1.82) is 0 Å². The van der Waals surface area contributed by atoms with Gasteiger partial charge in [-0.05, 0) is 31.0 Å². The molecule has 0 aliphatic carbocycles. The highest BCUT2D eigenvalue weighted by Gasteiger charge is 2.18. The lowest BCUT2D eigenvalue weighted by Gasteiger charge is -2.04. The summed E-state index contributed by atoms with van der Waals surface area (Å²) < 4.78 is 10.5. The molecule has 0 N–H and O–H groups in total. The maximum Gasteiger partial charge on any atom is 0.255 e. The lowest BCUT2D eigenvalue weighted by Crippen LogP contribution is -2.31. The molecule has 0 saturated carbocycles. The van der Waals surface area contributed by atoms with Crippen LogP contribution in [0.25, 0.3) is 11.0 Å². The molecule has 0 unspecified atom stereocenters. The largest absolute Gasteiger partial charge is 0.342 e. The zero-order valence-corrected chi connectivity index (χ0v) is 15.4. The molecule has 0 radical (unpaired) electrons. The van der Waals surface area contributed by atoms with Crippen LogP contribution in [0.2, 0.25) is 0 Å². The van der Waals surface area contributed by atoms with Gasteiger partial charge in [-0.2, -0.15) is 0 Å². The molecule has 0 fully saturated rings. The van der Waals surface area contributed by atoms with E-state index in [1.807, 2.05) is 0 Å². The Kier molecular flexibility index (Phi) is 7.10. The van der Waals surface area contributed by atoms with Gasteiger partial charge in [0.25, 0.3) is 5.82 Å². The van der Waals surface area contributed by atoms with E-state index < -0.39 is 0 Å². The number of fused-ring (bicyclic) bond motifs is 1. The van der Waals surface area contributed by atoms with E-state index in [9.17, 15) is 0 Å². The van der Waals surface area contributed by atoms with Gasteiger partial charge in [-0.15, -0.1) is 0 Å². The summed E-state index contributed by atoms with van der Waals surface area (Å²) in [6, 6.07) is 6.62. The molecule has 23 heavy (non-hydrogen) atoms. The molecule has 0 saturated heterocycles. The highest BCUT2D eigenvalue weighted by Crippen LogP contribution is 2.16. The minimum atomic E-state index is 0.655. The highest BCUT2D eigenvalue weighted by atomic mass is 16.5. The van der Waals surface area contributed by atoms with Crippen LogP contribution in [-0.4, -0.2) is 11.2 Å². The van der Waals surface area contributed by atoms with E-state index in [1.165, 1.54) is 67.4 Å². The first-order valence-electron chi connectivity index (χ1n) is 9.18. The summed E-state index contributed by atoms with van der Waals surface area (Å²) in [5.41, 5.74) is 3.83. The van der Waals surface area contributed by atoms with Gasteiger partial charge in [-0.3, -0.25) is 0 Å². The molecule has 0 aliphatic rings. The summed E-state index contributed by atoms with van der Waals surface area (Å²) in [5.74, 6) is 1.24. The fourth-order valence-electron chi connectivity index (χ4n) is 3.14. The summed E-state index contributed by atoms with van der Waals surface area (Å²) in [7, 11) is 2.12. The zero-order valence-electron chi connectivity index (χ0n) is 15.4. The lowest BCUT2D eigenvalue weighted by molar-refractivity contribution is -0.652. The average Bonchev–Trinajstić information content (AvgIpc) is 2.77. The van der Waals surface area contributed by atoms with Gasteiger partial charge < -0.3 is 4.74 Å². The molecular weight excluding hydrogens is 284 g/mol. The Morgan fingerprint density at radius 3 is 2.43 bits per heavy atom. The van der Waals surface area contributed by atoms with Crippen LogP contribution in [0.15, 0.2) is 18.2 Å².